The molecule has 0 aromatic carbocycles. The molecule has 102 valence electrons. The maximum Gasteiger partial charge on any atom is 0.322 e. The number of rotatable bonds is 8. The van der Waals surface area contributed by atoms with E-state index in [0.29, 0.717) is 19.0 Å². The summed E-state index contributed by atoms with van der Waals surface area (Å²) in [7, 11) is 0. The van der Waals surface area contributed by atoms with Gasteiger partial charge in [-0.1, -0.05) is 13.8 Å². The van der Waals surface area contributed by atoms with Crippen LogP contribution < -0.4 is 10.1 Å². The number of nitrogens with zero attached hydrogens (tertiary/aromatic N) is 3. The third-order valence-electron chi connectivity index (χ3n) is 2.33. The molecule has 0 fully saturated rings. The first-order chi connectivity index (χ1) is 8.69. The molecule has 2 N–H and O–H groups in total. The standard InChI is InChI=1S/C11H19ClN4O2/c1-3-7-18-11-15-9(12)14-10(16-11)13-8(4-2)5-6-17/h8,17H,3-7H2,1-2H3,(H,13,14,15,16). The molecule has 0 radical (unpaired) electrons. The monoisotopic (exact) mass is 274 g/mol. The molecule has 18 heavy (non-hydrogen) atoms. The summed E-state index contributed by atoms with van der Waals surface area (Å²) < 4.78 is 5.32. The Labute approximate surface area is 112 Å². The number of hydrogen-bond acceptors (Lipinski definition) is 6. The van der Waals surface area contributed by atoms with Crippen molar-refractivity contribution in [2.24, 2.45) is 0 Å². The maximum absolute atomic E-state index is 8.93. The third kappa shape index (κ3) is 5.01. The minimum absolute atomic E-state index is 0.0949. The molecule has 1 aromatic heterocycles. The number of nitrogens with one attached hydrogen (secondary N) is 1. The molecule has 0 aliphatic carbocycles. The van der Waals surface area contributed by atoms with Gasteiger partial charge in [0.2, 0.25) is 11.2 Å². The zero-order valence-electron chi connectivity index (χ0n) is 10.7. The lowest BCUT2D eigenvalue weighted by molar-refractivity contribution is 0.277. The fourth-order valence-corrected chi connectivity index (χ4v) is 1.52. The van der Waals surface area contributed by atoms with E-state index in [9.17, 15) is 0 Å². The molecule has 7 heteroatoms. The minimum Gasteiger partial charge on any atom is -0.463 e. The third-order valence-corrected chi connectivity index (χ3v) is 2.50. The van der Waals surface area contributed by atoms with Gasteiger partial charge in [-0.2, -0.15) is 15.0 Å². The summed E-state index contributed by atoms with van der Waals surface area (Å²) in [5.74, 6) is 0.376. The first-order valence-electron chi connectivity index (χ1n) is 6.11. The van der Waals surface area contributed by atoms with Crippen LogP contribution in [-0.4, -0.2) is 39.3 Å². The topological polar surface area (TPSA) is 80.2 Å². The van der Waals surface area contributed by atoms with E-state index >= 15 is 0 Å². The fourth-order valence-electron chi connectivity index (χ4n) is 1.37. The van der Waals surface area contributed by atoms with Crippen molar-refractivity contribution >= 4 is 17.5 Å². The van der Waals surface area contributed by atoms with Gasteiger partial charge in [0.15, 0.2) is 0 Å². The molecule has 6 nitrogen and oxygen atoms in total. The molecule has 0 spiro atoms. The Bertz CT molecular complexity index is 365. The van der Waals surface area contributed by atoms with Crippen LogP contribution in [0.3, 0.4) is 0 Å². The van der Waals surface area contributed by atoms with Crippen molar-refractivity contribution in [1.82, 2.24) is 15.0 Å². The second-order valence-electron chi connectivity index (χ2n) is 3.82. The zero-order valence-corrected chi connectivity index (χ0v) is 11.4. The predicted octanol–water partition coefficient (Wildman–Crippen LogP) is 1.89. The second kappa shape index (κ2) is 8.05. The van der Waals surface area contributed by atoms with Crippen molar-refractivity contribution in [1.29, 1.82) is 0 Å². The van der Waals surface area contributed by atoms with E-state index in [1.54, 1.807) is 0 Å². The van der Waals surface area contributed by atoms with E-state index in [0.717, 1.165) is 12.8 Å². The smallest absolute Gasteiger partial charge is 0.322 e. The van der Waals surface area contributed by atoms with E-state index in [-0.39, 0.29) is 23.9 Å². The van der Waals surface area contributed by atoms with Crippen LogP contribution in [0.1, 0.15) is 33.1 Å². The van der Waals surface area contributed by atoms with Gasteiger partial charge in [-0.15, -0.1) is 0 Å². The van der Waals surface area contributed by atoms with Gasteiger partial charge in [-0.25, -0.2) is 0 Å². The van der Waals surface area contributed by atoms with Crippen molar-refractivity contribution in [3.63, 3.8) is 0 Å². The van der Waals surface area contributed by atoms with Crippen LogP contribution in [-0.2, 0) is 0 Å². The van der Waals surface area contributed by atoms with Crippen LogP contribution in [0.25, 0.3) is 0 Å². The molecule has 1 unspecified atom stereocenters. The Morgan fingerprint density at radius 3 is 2.72 bits per heavy atom. The highest BCUT2D eigenvalue weighted by molar-refractivity contribution is 6.28. The lowest BCUT2D eigenvalue weighted by atomic mass is 10.2. The lowest BCUT2D eigenvalue weighted by Crippen LogP contribution is -2.21. The lowest BCUT2D eigenvalue weighted by Gasteiger charge is -2.15. The second-order valence-corrected chi connectivity index (χ2v) is 4.16. The largest absolute Gasteiger partial charge is 0.463 e. The number of aliphatic hydroxyl groups is 1. The molecule has 0 saturated carbocycles. The SMILES string of the molecule is CCCOc1nc(Cl)nc(NC(CC)CCO)n1. The Morgan fingerprint density at radius 1 is 1.33 bits per heavy atom. The molecule has 0 aliphatic heterocycles. The number of ether oxygens (including phenoxy) is 1. The highest BCUT2D eigenvalue weighted by Gasteiger charge is 2.10. The van der Waals surface area contributed by atoms with E-state index in [1.807, 2.05) is 13.8 Å². The van der Waals surface area contributed by atoms with Crippen molar-refractivity contribution in [2.45, 2.75) is 39.2 Å². The van der Waals surface area contributed by atoms with Crippen LogP contribution in [0.2, 0.25) is 5.28 Å². The maximum atomic E-state index is 8.93. The number of aliphatic hydroxyl groups excluding tert-OH is 1. The molecule has 1 aromatic rings. The fraction of sp³-hybridized carbons (Fsp3) is 0.727. The van der Waals surface area contributed by atoms with Gasteiger partial charge in [0.05, 0.1) is 6.61 Å². The normalized spacial score (nSPS) is 12.2. The summed E-state index contributed by atoms with van der Waals surface area (Å²) in [6, 6.07) is 0.325. The first-order valence-corrected chi connectivity index (χ1v) is 6.49. The Balaban J connectivity index is 2.71. The van der Waals surface area contributed by atoms with Crippen LogP contribution in [0.4, 0.5) is 5.95 Å². The van der Waals surface area contributed by atoms with E-state index in [1.165, 1.54) is 0 Å². The highest BCUT2D eigenvalue weighted by Crippen LogP contribution is 2.13. The molecule has 1 rings (SSSR count). The quantitative estimate of drug-likeness (QED) is 0.753. The van der Waals surface area contributed by atoms with E-state index in [4.69, 9.17) is 21.4 Å². The molecule has 0 bridgehead atoms. The molecular weight excluding hydrogens is 256 g/mol. The Kier molecular flexibility index (Phi) is 6.67. The number of anilines is 1. The minimum atomic E-state index is 0.0949. The van der Waals surface area contributed by atoms with Gasteiger partial charge in [-0.05, 0) is 30.9 Å². The molecule has 1 heterocycles. The van der Waals surface area contributed by atoms with Gasteiger partial charge < -0.3 is 15.2 Å². The highest BCUT2D eigenvalue weighted by atomic mass is 35.5. The summed E-state index contributed by atoms with van der Waals surface area (Å²) in [4.78, 5) is 12.0. The van der Waals surface area contributed by atoms with Crippen molar-refractivity contribution < 1.29 is 9.84 Å². The van der Waals surface area contributed by atoms with E-state index < -0.39 is 0 Å². The van der Waals surface area contributed by atoms with Crippen molar-refractivity contribution in [3.05, 3.63) is 5.28 Å². The number of hydrogen-bond donors (Lipinski definition) is 2. The van der Waals surface area contributed by atoms with Gasteiger partial charge in [0.1, 0.15) is 0 Å². The summed E-state index contributed by atoms with van der Waals surface area (Å²) in [6.07, 6.45) is 2.36. The van der Waals surface area contributed by atoms with Gasteiger partial charge in [0, 0.05) is 12.6 Å². The number of aromatic nitrogens is 3. The molecule has 0 aliphatic rings. The average molecular weight is 275 g/mol. The molecular formula is C11H19ClN4O2. The molecule has 0 amide bonds. The molecule has 1 atom stereocenters. The van der Waals surface area contributed by atoms with Crippen molar-refractivity contribution in [3.8, 4) is 6.01 Å². The first kappa shape index (κ1) is 14.9. The van der Waals surface area contributed by atoms with Gasteiger partial charge in [-0.3, -0.25) is 0 Å². The summed E-state index contributed by atoms with van der Waals surface area (Å²) in [5, 5.41) is 12.1. The van der Waals surface area contributed by atoms with Crippen molar-refractivity contribution in [2.75, 3.05) is 18.5 Å². The van der Waals surface area contributed by atoms with Gasteiger partial charge >= 0.3 is 6.01 Å². The Morgan fingerprint density at radius 2 is 2.11 bits per heavy atom. The van der Waals surface area contributed by atoms with Crippen LogP contribution in [0.15, 0.2) is 0 Å². The van der Waals surface area contributed by atoms with Crippen LogP contribution >= 0.6 is 11.6 Å². The average Bonchev–Trinajstić information content (AvgIpc) is 2.35. The van der Waals surface area contributed by atoms with Gasteiger partial charge in [0.25, 0.3) is 0 Å². The van der Waals surface area contributed by atoms with Crippen LogP contribution in [0.5, 0.6) is 6.01 Å². The zero-order chi connectivity index (χ0) is 13.4. The summed E-state index contributed by atoms with van der Waals surface area (Å²) in [6.45, 7) is 4.66. The number of halogens is 1. The van der Waals surface area contributed by atoms with E-state index in [2.05, 4.69) is 20.3 Å². The summed E-state index contributed by atoms with van der Waals surface area (Å²) in [5.41, 5.74) is 0. The summed E-state index contributed by atoms with van der Waals surface area (Å²) >= 11 is 5.80. The Hall–Kier alpha value is -1.14. The predicted molar refractivity (Wildman–Crippen MR) is 70.0 cm³/mol. The molecule has 0 saturated heterocycles. The van der Waals surface area contributed by atoms with Crippen LogP contribution in [0, 0.1) is 0 Å².